The summed E-state index contributed by atoms with van der Waals surface area (Å²) in [6.45, 7) is 7.12. The molecule has 1 fully saturated rings. The van der Waals surface area contributed by atoms with Crippen molar-refractivity contribution in [1.29, 1.82) is 0 Å². The normalized spacial score (nSPS) is 21.0. The van der Waals surface area contributed by atoms with Crippen LogP contribution in [0.15, 0.2) is 0 Å². The van der Waals surface area contributed by atoms with Gasteiger partial charge < -0.3 is 5.48 Å². The van der Waals surface area contributed by atoms with E-state index in [4.69, 9.17) is 0 Å². The molecule has 1 aliphatic heterocycles. The van der Waals surface area contributed by atoms with E-state index in [0.29, 0.717) is 5.41 Å². The second kappa shape index (κ2) is 4.36. The van der Waals surface area contributed by atoms with Crippen molar-refractivity contribution in [2.24, 2.45) is 11.3 Å². The third kappa shape index (κ3) is 3.48. The molecule has 1 heterocycles. The highest BCUT2D eigenvalue weighted by molar-refractivity contribution is 7.78. The van der Waals surface area contributed by atoms with Gasteiger partial charge in [0.15, 0.2) is 0 Å². The van der Waals surface area contributed by atoms with Gasteiger partial charge in [-0.25, -0.2) is 0 Å². The Balaban J connectivity index is 0.000001000. The van der Waals surface area contributed by atoms with Crippen LogP contribution >= 0.6 is 0 Å². The first kappa shape index (κ1) is 11.3. The number of hydrogen-bond donors (Lipinski definition) is 0. The molecule has 1 aliphatic rings. The molecule has 0 radical (unpaired) electrons. The van der Waals surface area contributed by atoms with Crippen LogP contribution in [0.3, 0.4) is 0 Å². The van der Waals surface area contributed by atoms with Gasteiger partial charge in [0.25, 0.3) is 0 Å². The zero-order valence-electron chi connectivity index (χ0n) is 7.80. The zero-order valence-corrected chi connectivity index (χ0v) is 8.69. The molecule has 1 saturated heterocycles. The van der Waals surface area contributed by atoms with Crippen molar-refractivity contribution in [3.63, 3.8) is 0 Å². The fourth-order valence-electron chi connectivity index (χ4n) is 1.62. The highest BCUT2D eigenvalue weighted by Crippen LogP contribution is 2.33. The minimum atomic E-state index is 0. The lowest BCUT2D eigenvalue weighted by atomic mass is 9.77. The summed E-state index contributed by atoms with van der Waals surface area (Å²) >= 11 is 1.69. The number of thiol groups is 1. The van der Waals surface area contributed by atoms with Crippen molar-refractivity contribution >= 4 is 11.8 Å². The van der Waals surface area contributed by atoms with E-state index < -0.39 is 0 Å². The first-order valence-corrected chi connectivity index (χ1v) is 5.50. The molecular weight excluding hydrogens is 156 g/mol. The molecule has 0 spiro atoms. The number of hydrogen-bond acceptors (Lipinski definition) is 1. The van der Waals surface area contributed by atoms with Crippen LogP contribution < -0.4 is 0 Å². The summed E-state index contributed by atoms with van der Waals surface area (Å²) in [6, 6.07) is 0. The third-order valence-electron chi connectivity index (χ3n) is 2.50. The van der Waals surface area contributed by atoms with Gasteiger partial charge in [-0.05, 0) is 35.9 Å². The van der Waals surface area contributed by atoms with Gasteiger partial charge in [-0.2, -0.15) is 0 Å². The molecule has 2 heteroatoms. The molecule has 0 atom stereocenters. The second-order valence-electron chi connectivity index (χ2n) is 4.31. The van der Waals surface area contributed by atoms with E-state index in [0.717, 1.165) is 5.92 Å². The van der Waals surface area contributed by atoms with Crippen LogP contribution in [-0.2, 0) is 11.8 Å². The molecule has 0 aromatic carbocycles. The van der Waals surface area contributed by atoms with Gasteiger partial charge in [0.1, 0.15) is 11.5 Å². The highest BCUT2D eigenvalue weighted by Gasteiger charge is 2.28. The lowest BCUT2D eigenvalue weighted by molar-refractivity contribution is 0.225. The Kier molecular flexibility index (Phi) is 4.49. The van der Waals surface area contributed by atoms with Crippen molar-refractivity contribution in [1.82, 2.24) is 0 Å². The van der Waals surface area contributed by atoms with E-state index in [2.05, 4.69) is 20.8 Å². The summed E-state index contributed by atoms with van der Waals surface area (Å²) in [4.78, 5) is 0. The monoisotopic (exact) mass is 176 g/mol. The topological polar surface area (TPSA) is 30.0 Å². The SMILES string of the molecule is CC(C)(C)C1CC[SH+]CC1.[OH-]. The molecule has 1 rings (SSSR count). The van der Waals surface area contributed by atoms with Crippen LogP contribution in [0, 0.1) is 11.3 Å². The van der Waals surface area contributed by atoms with Crippen LogP contribution in [0.25, 0.3) is 0 Å². The lowest BCUT2D eigenvalue weighted by Crippen LogP contribution is -2.26. The molecule has 68 valence electrons. The van der Waals surface area contributed by atoms with Gasteiger partial charge in [0.2, 0.25) is 0 Å². The Morgan fingerprint density at radius 3 is 1.82 bits per heavy atom. The summed E-state index contributed by atoms with van der Waals surface area (Å²) in [5, 5.41) is 0. The van der Waals surface area contributed by atoms with E-state index in [-0.39, 0.29) is 5.48 Å². The largest absolute Gasteiger partial charge is 0.870 e. The molecule has 0 amide bonds. The Hall–Kier alpha value is 0.310. The predicted molar refractivity (Wildman–Crippen MR) is 52.6 cm³/mol. The molecule has 0 aliphatic carbocycles. The Morgan fingerprint density at radius 2 is 1.55 bits per heavy atom. The van der Waals surface area contributed by atoms with Gasteiger partial charge >= 0.3 is 0 Å². The summed E-state index contributed by atoms with van der Waals surface area (Å²) in [6.07, 6.45) is 2.93. The lowest BCUT2D eigenvalue weighted by Gasteiger charge is -2.31. The molecule has 0 unspecified atom stereocenters. The van der Waals surface area contributed by atoms with Gasteiger partial charge in [-0.3, -0.25) is 0 Å². The van der Waals surface area contributed by atoms with Gasteiger partial charge in [-0.15, -0.1) is 0 Å². The molecule has 1 nitrogen and oxygen atoms in total. The smallest absolute Gasteiger partial charge is 0.106 e. The first-order valence-electron chi connectivity index (χ1n) is 4.24. The Morgan fingerprint density at radius 1 is 1.09 bits per heavy atom. The van der Waals surface area contributed by atoms with Crippen LogP contribution in [0.4, 0.5) is 0 Å². The second-order valence-corrected chi connectivity index (χ2v) is 5.65. The third-order valence-corrected chi connectivity index (χ3v) is 3.64. The molecule has 1 N–H and O–H groups in total. The van der Waals surface area contributed by atoms with E-state index in [1.165, 1.54) is 24.3 Å². The van der Waals surface area contributed by atoms with Gasteiger partial charge in [0, 0.05) is 0 Å². The minimum Gasteiger partial charge on any atom is -0.870 e. The molecule has 0 aromatic heterocycles. The summed E-state index contributed by atoms with van der Waals surface area (Å²) < 4.78 is 0. The Bertz CT molecular complexity index is 101. The van der Waals surface area contributed by atoms with E-state index in [9.17, 15) is 0 Å². The van der Waals surface area contributed by atoms with Crippen molar-refractivity contribution in [2.75, 3.05) is 11.5 Å². The number of rotatable bonds is 0. The van der Waals surface area contributed by atoms with Crippen molar-refractivity contribution < 1.29 is 5.48 Å². The maximum Gasteiger partial charge on any atom is 0.106 e. The standard InChI is InChI=1S/C9H18S.H2O/c1-9(2,3)8-4-6-10-7-5-8;/h8H,4-7H2,1-3H3;1H2. The fraction of sp³-hybridized carbons (Fsp3) is 1.00. The Labute approximate surface area is 74.3 Å². The van der Waals surface area contributed by atoms with E-state index in [1.54, 1.807) is 11.8 Å². The molecule has 0 bridgehead atoms. The average molecular weight is 176 g/mol. The molecule has 11 heavy (non-hydrogen) atoms. The highest BCUT2D eigenvalue weighted by atomic mass is 32.2. The van der Waals surface area contributed by atoms with Crippen LogP contribution in [-0.4, -0.2) is 17.0 Å². The van der Waals surface area contributed by atoms with Crippen LogP contribution in [0.5, 0.6) is 0 Å². The summed E-state index contributed by atoms with van der Waals surface area (Å²) in [5.74, 6) is 3.89. The van der Waals surface area contributed by atoms with Crippen LogP contribution in [0.2, 0.25) is 0 Å². The quantitative estimate of drug-likeness (QED) is 0.410. The molecular formula is C9H20OS. The van der Waals surface area contributed by atoms with Crippen molar-refractivity contribution in [3.05, 3.63) is 0 Å². The zero-order chi connectivity index (χ0) is 7.61. The van der Waals surface area contributed by atoms with E-state index >= 15 is 0 Å². The van der Waals surface area contributed by atoms with Crippen LogP contribution in [0.1, 0.15) is 33.6 Å². The first-order chi connectivity index (χ1) is 4.61. The van der Waals surface area contributed by atoms with E-state index in [1.807, 2.05) is 0 Å². The van der Waals surface area contributed by atoms with Crippen molar-refractivity contribution in [2.45, 2.75) is 33.6 Å². The minimum absolute atomic E-state index is 0. The molecule has 0 saturated carbocycles. The maximum absolute atomic E-state index is 2.37. The predicted octanol–water partition coefficient (Wildman–Crippen LogP) is 2.08. The van der Waals surface area contributed by atoms with Crippen molar-refractivity contribution in [3.8, 4) is 0 Å². The van der Waals surface area contributed by atoms with Gasteiger partial charge in [0.05, 0.1) is 0 Å². The fourth-order valence-corrected chi connectivity index (χ4v) is 2.83. The summed E-state index contributed by atoms with van der Waals surface area (Å²) in [5.41, 5.74) is 0.565. The maximum atomic E-state index is 2.37. The summed E-state index contributed by atoms with van der Waals surface area (Å²) in [7, 11) is 0. The molecule has 0 aromatic rings. The average Bonchev–Trinajstić information content (AvgIpc) is 1.88. The van der Waals surface area contributed by atoms with Gasteiger partial charge in [-0.1, -0.05) is 20.8 Å².